The van der Waals surface area contributed by atoms with E-state index in [4.69, 9.17) is 4.42 Å². The molecule has 1 amide bonds. The van der Waals surface area contributed by atoms with Gasteiger partial charge < -0.3 is 14.3 Å². The maximum Gasteiger partial charge on any atom is 0.251 e. The van der Waals surface area contributed by atoms with E-state index >= 15 is 0 Å². The molecule has 2 heterocycles. The van der Waals surface area contributed by atoms with Crippen molar-refractivity contribution < 1.29 is 13.6 Å². The summed E-state index contributed by atoms with van der Waals surface area (Å²) in [7, 11) is 0. The van der Waals surface area contributed by atoms with Crippen molar-refractivity contribution in [3.63, 3.8) is 0 Å². The molecule has 0 radical (unpaired) electrons. The van der Waals surface area contributed by atoms with E-state index < -0.39 is 11.4 Å². The molecule has 18 heavy (non-hydrogen) atoms. The van der Waals surface area contributed by atoms with Crippen molar-refractivity contribution in [1.82, 2.24) is 9.88 Å². The van der Waals surface area contributed by atoms with Crippen LogP contribution >= 0.6 is 0 Å². The predicted molar refractivity (Wildman–Crippen MR) is 61.2 cm³/mol. The van der Waals surface area contributed by atoms with Crippen molar-refractivity contribution >= 4 is 5.91 Å². The number of carbonyl (C=O) groups is 1. The normalized spacial score (nSPS) is 10.3. The van der Waals surface area contributed by atoms with Gasteiger partial charge in [0.15, 0.2) is 0 Å². The third kappa shape index (κ3) is 3.07. The third-order valence-electron chi connectivity index (χ3n) is 2.30. The molecule has 0 aliphatic rings. The average molecular weight is 250 g/mol. The highest BCUT2D eigenvalue weighted by molar-refractivity contribution is 5.75. The molecule has 0 fully saturated rings. The van der Waals surface area contributed by atoms with E-state index in [9.17, 15) is 14.0 Å². The molecule has 2 aromatic heterocycles. The fourth-order valence-electron chi connectivity index (χ4n) is 1.44. The monoisotopic (exact) mass is 250 g/mol. The van der Waals surface area contributed by atoms with Crippen molar-refractivity contribution in [1.29, 1.82) is 0 Å². The average Bonchev–Trinajstić information content (AvgIpc) is 2.84. The number of hydrogen-bond acceptors (Lipinski definition) is 3. The molecule has 0 atom stereocenters. The Kier molecular flexibility index (Phi) is 3.57. The lowest BCUT2D eigenvalue weighted by Gasteiger charge is -2.06. The zero-order chi connectivity index (χ0) is 13.0. The van der Waals surface area contributed by atoms with Gasteiger partial charge in [0.05, 0.1) is 12.8 Å². The second-order valence-electron chi connectivity index (χ2n) is 3.67. The molecule has 0 unspecified atom stereocenters. The van der Waals surface area contributed by atoms with Crippen LogP contribution in [0.3, 0.4) is 0 Å². The highest BCUT2D eigenvalue weighted by atomic mass is 19.1. The van der Waals surface area contributed by atoms with E-state index in [-0.39, 0.29) is 19.0 Å². The fraction of sp³-hybridized carbons (Fsp3) is 0.167. The first-order valence-electron chi connectivity index (χ1n) is 5.30. The van der Waals surface area contributed by atoms with Crippen LogP contribution in [0.15, 0.2) is 45.9 Å². The lowest BCUT2D eigenvalue weighted by Crippen LogP contribution is -2.31. The number of pyridine rings is 1. The molecule has 0 bridgehead atoms. The highest BCUT2D eigenvalue weighted by Crippen LogP contribution is 1.98. The molecule has 0 saturated heterocycles. The Hall–Kier alpha value is -2.37. The highest BCUT2D eigenvalue weighted by Gasteiger charge is 2.06. The molecular formula is C12H11FN2O3. The topological polar surface area (TPSA) is 64.2 Å². The summed E-state index contributed by atoms with van der Waals surface area (Å²) >= 11 is 0. The molecule has 0 aliphatic heterocycles. The number of nitrogens with zero attached hydrogens (tertiary/aromatic N) is 1. The number of aromatic nitrogens is 1. The molecule has 94 valence electrons. The van der Waals surface area contributed by atoms with Gasteiger partial charge in [-0.1, -0.05) is 0 Å². The van der Waals surface area contributed by atoms with Gasteiger partial charge in [0, 0.05) is 12.3 Å². The Morgan fingerprint density at radius 2 is 2.22 bits per heavy atom. The lowest BCUT2D eigenvalue weighted by atomic mass is 10.4. The van der Waals surface area contributed by atoms with Gasteiger partial charge in [0.25, 0.3) is 5.56 Å². The molecular weight excluding hydrogens is 239 g/mol. The Balaban J connectivity index is 1.95. The summed E-state index contributed by atoms with van der Waals surface area (Å²) in [6, 6.07) is 5.56. The first kappa shape index (κ1) is 12.1. The molecule has 2 rings (SSSR count). The Morgan fingerprint density at radius 3 is 2.94 bits per heavy atom. The van der Waals surface area contributed by atoms with Crippen LogP contribution in [0.2, 0.25) is 0 Å². The molecule has 0 saturated carbocycles. The van der Waals surface area contributed by atoms with Crippen molar-refractivity contribution in [2.75, 3.05) is 0 Å². The summed E-state index contributed by atoms with van der Waals surface area (Å²) < 4.78 is 18.9. The predicted octanol–water partition coefficient (Wildman–Crippen LogP) is 0.897. The SMILES string of the molecule is O=C(Cn1cc(F)ccc1=O)NCc1ccco1. The van der Waals surface area contributed by atoms with E-state index in [0.29, 0.717) is 5.76 Å². The van der Waals surface area contributed by atoms with Crippen LogP contribution in [-0.4, -0.2) is 10.5 Å². The van der Waals surface area contributed by atoms with Crippen molar-refractivity contribution in [2.45, 2.75) is 13.1 Å². The summed E-state index contributed by atoms with van der Waals surface area (Å²) in [5.74, 6) is -0.345. The Morgan fingerprint density at radius 1 is 1.39 bits per heavy atom. The number of hydrogen-bond donors (Lipinski definition) is 1. The Labute approximate surface area is 102 Å². The minimum atomic E-state index is -0.562. The summed E-state index contributed by atoms with van der Waals surface area (Å²) in [5.41, 5.74) is -0.426. The van der Waals surface area contributed by atoms with E-state index in [0.717, 1.165) is 22.9 Å². The molecule has 0 spiro atoms. The smallest absolute Gasteiger partial charge is 0.251 e. The van der Waals surface area contributed by atoms with Gasteiger partial charge in [0.2, 0.25) is 5.91 Å². The second-order valence-corrected chi connectivity index (χ2v) is 3.67. The molecule has 1 N–H and O–H groups in total. The number of carbonyl (C=O) groups excluding carboxylic acids is 1. The first-order chi connectivity index (χ1) is 8.65. The van der Waals surface area contributed by atoms with Crippen molar-refractivity contribution in [3.8, 4) is 0 Å². The number of amides is 1. The zero-order valence-corrected chi connectivity index (χ0v) is 9.43. The fourth-order valence-corrected chi connectivity index (χ4v) is 1.44. The van der Waals surface area contributed by atoms with E-state index in [2.05, 4.69) is 5.32 Å². The standard InChI is InChI=1S/C12H11FN2O3/c13-9-3-4-12(17)15(7-9)8-11(16)14-6-10-2-1-5-18-10/h1-5,7H,6,8H2,(H,14,16). The number of halogens is 1. The van der Waals surface area contributed by atoms with Crippen LogP contribution in [0.25, 0.3) is 0 Å². The van der Waals surface area contributed by atoms with Crippen LogP contribution in [0, 0.1) is 5.82 Å². The van der Waals surface area contributed by atoms with Crippen LogP contribution < -0.4 is 10.9 Å². The second kappa shape index (κ2) is 5.31. The molecule has 5 nitrogen and oxygen atoms in total. The van der Waals surface area contributed by atoms with Crippen LogP contribution in [-0.2, 0) is 17.9 Å². The summed E-state index contributed by atoms with van der Waals surface area (Å²) in [6.07, 6.45) is 2.49. The summed E-state index contributed by atoms with van der Waals surface area (Å²) in [4.78, 5) is 22.9. The molecule has 0 aliphatic carbocycles. The zero-order valence-electron chi connectivity index (χ0n) is 9.43. The largest absolute Gasteiger partial charge is 0.467 e. The van der Waals surface area contributed by atoms with Gasteiger partial charge in [-0.15, -0.1) is 0 Å². The van der Waals surface area contributed by atoms with Gasteiger partial charge in [-0.25, -0.2) is 4.39 Å². The van der Waals surface area contributed by atoms with Gasteiger partial charge in [-0.2, -0.15) is 0 Å². The molecule has 6 heteroatoms. The van der Waals surface area contributed by atoms with E-state index in [1.54, 1.807) is 12.1 Å². The van der Waals surface area contributed by atoms with Gasteiger partial charge in [-0.05, 0) is 18.2 Å². The number of furan rings is 1. The van der Waals surface area contributed by atoms with Crippen LogP contribution in [0.5, 0.6) is 0 Å². The molecule has 0 aromatic carbocycles. The third-order valence-corrected chi connectivity index (χ3v) is 2.30. The number of rotatable bonds is 4. The van der Waals surface area contributed by atoms with Crippen LogP contribution in [0.4, 0.5) is 4.39 Å². The van der Waals surface area contributed by atoms with E-state index in [1.165, 1.54) is 6.26 Å². The molecule has 2 aromatic rings. The maximum absolute atomic E-state index is 12.9. The van der Waals surface area contributed by atoms with Crippen molar-refractivity contribution in [2.24, 2.45) is 0 Å². The minimum absolute atomic E-state index is 0.225. The number of nitrogens with one attached hydrogen (secondary N) is 1. The Bertz CT molecular complexity index is 590. The summed E-state index contributed by atoms with van der Waals surface area (Å²) in [5, 5.41) is 2.57. The first-order valence-corrected chi connectivity index (χ1v) is 5.30. The minimum Gasteiger partial charge on any atom is -0.467 e. The summed E-state index contributed by atoms with van der Waals surface area (Å²) in [6.45, 7) is 0.00714. The van der Waals surface area contributed by atoms with Crippen LogP contribution in [0.1, 0.15) is 5.76 Å². The quantitative estimate of drug-likeness (QED) is 0.876. The van der Waals surface area contributed by atoms with Gasteiger partial charge >= 0.3 is 0 Å². The van der Waals surface area contributed by atoms with Gasteiger partial charge in [-0.3, -0.25) is 9.59 Å². The van der Waals surface area contributed by atoms with Crippen molar-refractivity contribution in [3.05, 3.63) is 58.7 Å². The maximum atomic E-state index is 12.9. The van der Waals surface area contributed by atoms with E-state index in [1.807, 2.05) is 0 Å². The lowest BCUT2D eigenvalue weighted by molar-refractivity contribution is -0.121. The van der Waals surface area contributed by atoms with Gasteiger partial charge in [0.1, 0.15) is 18.1 Å².